The molecule has 7 nitrogen and oxygen atoms in total. The maximum atomic E-state index is 13.8. The molecule has 2 aromatic carbocycles. The molecule has 1 unspecified atom stereocenters. The number of methoxy groups -OCH3 is 3. The molecule has 0 saturated heterocycles. The number of hydrogen-bond donors (Lipinski definition) is 0. The summed E-state index contributed by atoms with van der Waals surface area (Å²) >= 11 is 7.45. The fraction of sp³-hybridized carbons (Fsp3) is 0.321. The minimum Gasteiger partial charge on any atom is -0.493 e. The van der Waals surface area contributed by atoms with Crippen LogP contribution in [0.25, 0.3) is 6.08 Å². The Balaban J connectivity index is 1.74. The first-order chi connectivity index (χ1) is 17.7. The summed E-state index contributed by atoms with van der Waals surface area (Å²) in [6.45, 7) is 4.14. The van der Waals surface area contributed by atoms with Crippen LogP contribution < -0.4 is 29.1 Å². The molecule has 1 aliphatic heterocycles. The summed E-state index contributed by atoms with van der Waals surface area (Å²) in [7, 11) is 4.63. The molecule has 0 amide bonds. The highest BCUT2D eigenvalue weighted by atomic mass is 35.5. The molecular formula is C28H27ClN2O5S. The maximum absolute atomic E-state index is 13.8. The zero-order valence-corrected chi connectivity index (χ0v) is 22.8. The monoisotopic (exact) mass is 538 g/mol. The normalized spacial score (nSPS) is 18.7. The number of ketones is 1. The van der Waals surface area contributed by atoms with Crippen LogP contribution in [-0.4, -0.2) is 31.7 Å². The lowest BCUT2D eigenvalue weighted by Crippen LogP contribution is -2.42. The number of aromatic nitrogens is 1. The third-order valence-electron chi connectivity index (χ3n) is 6.67. The fourth-order valence-electron chi connectivity index (χ4n) is 5.05. The lowest BCUT2D eigenvalue weighted by Gasteiger charge is -2.35. The predicted octanol–water partition coefficient (Wildman–Crippen LogP) is 4.28. The van der Waals surface area contributed by atoms with Crippen molar-refractivity contribution < 1.29 is 19.0 Å². The number of fused-ring (bicyclic) bond motifs is 1. The van der Waals surface area contributed by atoms with E-state index in [0.717, 1.165) is 11.3 Å². The van der Waals surface area contributed by atoms with E-state index in [4.69, 9.17) is 30.8 Å². The molecular weight excluding hydrogens is 512 g/mol. The van der Waals surface area contributed by atoms with E-state index in [1.807, 2.05) is 12.1 Å². The van der Waals surface area contributed by atoms with E-state index in [1.165, 1.54) is 11.3 Å². The second-order valence-electron chi connectivity index (χ2n) is 9.89. The summed E-state index contributed by atoms with van der Waals surface area (Å²) in [4.78, 5) is 32.7. The second-order valence-corrected chi connectivity index (χ2v) is 11.3. The van der Waals surface area contributed by atoms with Gasteiger partial charge in [-0.15, -0.1) is 0 Å². The van der Waals surface area contributed by atoms with Crippen molar-refractivity contribution in [2.45, 2.75) is 32.7 Å². The van der Waals surface area contributed by atoms with Crippen LogP contribution in [0.2, 0.25) is 5.02 Å². The van der Waals surface area contributed by atoms with Gasteiger partial charge in [-0.1, -0.05) is 48.9 Å². The number of rotatable bonds is 5. The Kier molecular flexibility index (Phi) is 6.50. The van der Waals surface area contributed by atoms with Crippen molar-refractivity contribution in [3.8, 4) is 17.2 Å². The number of allylic oxidation sites excluding steroid dienone is 2. The number of hydrogen-bond acceptors (Lipinski definition) is 7. The van der Waals surface area contributed by atoms with Gasteiger partial charge in [0.1, 0.15) is 0 Å². The van der Waals surface area contributed by atoms with E-state index in [1.54, 1.807) is 56.2 Å². The van der Waals surface area contributed by atoms with Crippen molar-refractivity contribution in [2.24, 2.45) is 10.4 Å². The van der Waals surface area contributed by atoms with Crippen LogP contribution >= 0.6 is 22.9 Å². The SMILES string of the molecule is COc1cc(C=c2sc3n(c2=O)C(c2ccc(Cl)cc2)C2=C(CC(C)(C)CC2=O)N=3)cc(OC)c1OC. The van der Waals surface area contributed by atoms with Gasteiger partial charge in [0, 0.05) is 17.0 Å². The molecule has 0 spiro atoms. The Morgan fingerprint density at radius 2 is 1.68 bits per heavy atom. The van der Waals surface area contributed by atoms with Crippen LogP contribution in [0.1, 0.15) is 43.9 Å². The topological polar surface area (TPSA) is 79.1 Å². The Bertz CT molecular complexity index is 1590. The molecule has 5 rings (SSSR count). The lowest BCUT2D eigenvalue weighted by molar-refractivity contribution is -0.118. The largest absolute Gasteiger partial charge is 0.493 e. The van der Waals surface area contributed by atoms with Crippen LogP contribution in [0.3, 0.4) is 0 Å². The van der Waals surface area contributed by atoms with Crippen molar-refractivity contribution in [1.82, 2.24) is 4.57 Å². The molecule has 9 heteroatoms. The molecule has 0 radical (unpaired) electrons. The van der Waals surface area contributed by atoms with Gasteiger partial charge < -0.3 is 14.2 Å². The van der Waals surface area contributed by atoms with Gasteiger partial charge in [-0.2, -0.15) is 0 Å². The highest BCUT2D eigenvalue weighted by Crippen LogP contribution is 2.43. The number of nitrogens with zero attached hydrogens (tertiary/aromatic N) is 2. The zero-order valence-electron chi connectivity index (χ0n) is 21.3. The molecule has 2 heterocycles. The van der Waals surface area contributed by atoms with Crippen LogP contribution in [0.5, 0.6) is 17.2 Å². The van der Waals surface area contributed by atoms with Crippen LogP contribution in [0.4, 0.5) is 0 Å². The van der Waals surface area contributed by atoms with Gasteiger partial charge in [-0.05, 0) is 53.3 Å². The predicted molar refractivity (Wildman–Crippen MR) is 144 cm³/mol. The third-order valence-corrected chi connectivity index (χ3v) is 7.90. The minimum atomic E-state index is -0.561. The summed E-state index contributed by atoms with van der Waals surface area (Å²) in [5.74, 6) is 1.47. The molecule has 2 aliphatic rings. The van der Waals surface area contributed by atoms with Gasteiger partial charge >= 0.3 is 0 Å². The maximum Gasteiger partial charge on any atom is 0.271 e. The summed E-state index contributed by atoms with van der Waals surface area (Å²) in [6, 6.07) is 10.3. The van der Waals surface area contributed by atoms with Crippen molar-refractivity contribution in [3.63, 3.8) is 0 Å². The van der Waals surface area contributed by atoms with Gasteiger partial charge in [0.25, 0.3) is 5.56 Å². The van der Waals surface area contributed by atoms with E-state index >= 15 is 0 Å². The van der Waals surface area contributed by atoms with E-state index in [0.29, 0.717) is 55.6 Å². The van der Waals surface area contributed by atoms with Crippen molar-refractivity contribution >= 4 is 34.8 Å². The number of carbonyl (C=O) groups excluding carboxylic acids is 1. The van der Waals surface area contributed by atoms with Crippen LogP contribution in [-0.2, 0) is 4.79 Å². The molecule has 1 aromatic heterocycles. The Hall–Kier alpha value is -3.36. The Morgan fingerprint density at radius 1 is 1.03 bits per heavy atom. The van der Waals surface area contributed by atoms with E-state index in [9.17, 15) is 9.59 Å². The van der Waals surface area contributed by atoms with Gasteiger partial charge in [0.05, 0.1) is 37.6 Å². The molecule has 1 atom stereocenters. The van der Waals surface area contributed by atoms with Crippen LogP contribution in [0, 0.1) is 5.41 Å². The van der Waals surface area contributed by atoms with Crippen molar-refractivity contribution in [3.05, 3.63) is 83.5 Å². The zero-order chi connectivity index (χ0) is 26.5. The first-order valence-electron chi connectivity index (χ1n) is 11.8. The average Bonchev–Trinajstić information content (AvgIpc) is 3.16. The highest BCUT2D eigenvalue weighted by molar-refractivity contribution is 7.07. The Morgan fingerprint density at radius 3 is 2.27 bits per heavy atom. The minimum absolute atomic E-state index is 0.0221. The molecule has 0 N–H and O–H groups in total. The summed E-state index contributed by atoms with van der Waals surface area (Å²) in [5.41, 5.74) is 2.45. The molecule has 3 aromatic rings. The van der Waals surface area contributed by atoms with Crippen LogP contribution in [0.15, 0.2) is 57.5 Å². The standard InChI is InChI=1S/C28H27ClN2O5S/c1-28(2)13-18-23(19(32)14-28)24(16-6-8-17(29)9-7-16)31-26(33)22(37-27(31)30-18)12-15-10-20(34-3)25(36-5)21(11-15)35-4/h6-12,24H,13-14H2,1-5H3. The average molecular weight is 539 g/mol. The molecule has 0 saturated carbocycles. The summed E-state index contributed by atoms with van der Waals surface area (Å²) in [5, 5.41) is 0.587. The molecule has 37 heavy (non-hydrogen) atoms. The number of carbonyl (C=O) groups is 1. The smallest absolute Gasteiger partial charge is 0.271 e. The van der Waals surface area contributed by atoms with E-state index in [-0.39, 0.29) is 16.8 Å². The van der Waals surface area contributed by atoms with Crippen molar-refractivity contribution in [2.75, 3.05) is 21.3 Å². The number of benzene rings is 2. The highest BCUT2D eigenvalue weighted by Gasteiger charge is 2.40. The lowest BCUT2D eigenvalue weighted by atomic mass is 9.73. The van der Waals surface area contributed by atoms with Gasteiger partial charge in [0.2, 0.25) is 5.75 Å². The van der Waals surface area contributed by atoms with Gasteiger partial charge in [-0.3, -0.25) is 14.2 Å². The first-order valence-corrected chi connectivity index (χ1v) is 13.0. The number of Topliss-reactive ketones (excluding diaryl/α,β-unsaturated/α-hetero) is 1. The molecule has 1 aliphatic carbocycles. The van der Waals surface area contributed by atoms with Gasteiger partial charge in [0.15, 0.2) is 22.1 Å². The fourth-order valence-corrected chi connectivity index (χ4v) is 6.19. The third kappa shape index (κ3) is 4.49. The van der Waals surface area contributed by atoms with E-state index < -0.39 is 6.04 Å². The molecule has 0 fully saturated rings. The summed E-state index contributed by atoms with van der Waals surface area (Å²) in [6.07, 6.45) is 2.85. The second kappa shape index (κ2) is 9.50. The Labute approximate surface area is 223 Å². The number of ether oxygens (including phenoxy) is 3. The summed E-state index contributed by atoms with van der Waals surface area (Å²) < 4.78 is 18.5. The number of thiazole rings is 1. The number of halogens is 1. The molecule has 0 bridgehead atoms. The first kappa shape index (κ1) is 25.3. The van der Waals surface area contributed by atoms with E-state index in [2.05, 4.69) is 13.8 Å². The van der Waals surface area contributed by atoms with Crippen molar-refractivity contribution in [1.29, 1.82) is 0 Å². The van der Waals surface area contributed by atoms with Gasteiger partial charge in [-0.25, -0.2) is 4.99 Å². The molecule has 192 valence electrons. The quantitative estimate of drug-likeness (QED) is 0.484.